The molecule has 0 spiro atoms. The number of hydrogen-bond acceptors (Lipinski definition) is 3. The summed E-state index contributed by atoms with van der Waals surface area (Å²) >= 11 is 1.89. The molecule has 0 atom stereocenters. The van der Waals surface area contributed by atoms with Gasteiger partial charge in [-0.3, -0.25) is 0 Å². The van der Waals surface area contributed by atoms with Gasteiger partial charge in [-0.1, -0.05) is 346 Å². The molecule has 27 rings (SSSR count). The number of rotatable bonds is 9. The van der Waals surface area contributed by atoms with Gasteiger partial charge in [0.15, 0.2) is 5.58 Å². The topological polar surface area (TPSA) is 45.8 Å². The second-order valence-electron chi connectivity index (χ2n) is 33.1. The lowest BCUT2D eigenvalue weighted by Crippen LogP contribution is -1.96. The molecular formula is C120H77N5OS. The molecule has 6 heterocycles. The van der Waals surface area contributed by atoms with E-state index in [2.05, 4.69) is 468 Å². The largest absolute Gasteiger partial charge is 0.436 e. The average Bonchev–Trinajstić information content (AvgIpc) is 1.70. The molecule has 21 aromatic carbocycles. The van der Waals surface area contributed by atoms with E-state index in [4.69, 9.17) is 9.40 Å². The first-order chi connectivity index (χ1) is 63.0. The van der Waals surface area contributed by atoms with Gasteiger partial charge in [0.05, 0.1) is 44.4 Å². The van der Waals surface area contributed by atoms with Gasteiger partial charge in [-0.2, -0.15) is 0 Å². The maximum absolute atomic E-state index is 6.54. The predicted octanol–water partition coefficient (Wildman–Crippen LogP) is 33.1. The molecule has 6 nitrogen and oxygen atoms in total. The lowest BCUT2D eigenvalue weighted by molar-refractivity contribution is 0.621. The van der Waals surface area contributed by atoms with Crippen molar-refractivity contribution in [2.75, 3.05) is 0 Å². The second-order valence-corrected chi connectivity index (χ2v) is 34.2. The molecule has 594 valence electrons. The molecule has 6 aromatic heterocycles. The van der Waals surface area contributed by atoms with Crippen molar-refractivity contribution >= 4 is 173 Å². The summed E-state index contributed by atoms with van der Waals surface area (Å²) in [5, 5.41) is 25.0. The number of nitrogens with zero attached hydrogens (tertiary/aromatic N) is 5. The van der Waals surface area contributed by atoms with E-state index in [1.807, 2.05) is 17.4 Å². The van der Waals surface area contributed by atoms with Crippen molar-refractivity contribution < 1.29 is 4.42 Å². The Bertz CT molecular complexity index is 8430. The number of aryl methyl sites for hydroxylation is 1. The highest BCUT2D eigenvalue weighted by atomic mass is 32.1. The summed E-state index contributed by atoms with van der Waals surface area (Å²) in [7, 11) is 2.20. The van der Waals surface area contributed by atoms with Crippen LogP contribution in [-0.2, 0) is 7.05 Å². The maximum Gasteiger partial charge on any atom is 0.228 e. The molecule has 0 saturated heterocycles. The van der Waals surface area contributed by atoms with E-state index in [-0.39, 0.29) is 0 Å². The van der Waals surface area contributed by atoms with E-state index in [0.717, 1.165) is 33.1 Å². The quantitative estimate of drug-likeness (QED) is 0.135. The highest BCUT2D eigenvalue weighted by Gasteiger charge is 2.26. The molecular weight excluding hydrogens is 1560 g/mol. The summed E-state index contributed by atoms with van der Waals surface area (Å²) in [4.78, 5) is 6.44. The second kappa shape index (κ2) is 30.0. The number of para-hydroxylation sites is 6. The lowest BCUT2D eigenvalue weighted by Gasteiger charge is -2.18. The number of fused-ring (bicyclic) bond motifs is 18. The predicted molar refractivity (Wildman–Crippen MR) is 539 cm³/mol. The fourth-order valence-corrected chi connectivity index (χ4v) is 21.8. The summed E-state index contributed by atoms with van der Waals surface area (Å²) in [6.07, 6.45) is 0. The smallest absolute Gasteiger partial charge is 0.228 e. The van der Waals surface area contributed by atoms with Crippen molar-refractivity contribution in [2.24, 2.45) is 7.05 Å². The van der Waals surface area contributed by atoms with Gasteiger partial charge in [0.1, 0.15) is 5.52 Å². The van der Waals surface area contributed by atoms with Crippen LogP contribution in [0.5, 0.6) is 0 Å². The zero-order chi connectivity index (χ0) is 83.7. The van der Waals surface area contributed by atoms with Crippen LogP contribution in [0.2, 0.25) is 0 Å². The fraction of sp³-hybridized carbons (Fsp3) is 0.00833. The first-order valence-corrected chi connectivity index (χ1v) is 44.3. The fourth-order valence-electron chi connectivity index (χ4n) is 20.7. The average molecular weight is 1640 g/mol. The first-order valence-electron chi connectivity index (χ1n) is 43.4. The van der Waals surface area contributed by atoms with Gasteiger partial charge in [-0.15, -0.1) is 11.3 Å². The van der Waals surface area contributed by atoms with Gasteiger partial charge < -0.3 is 22.7 Å². The molecule has 0 bridgehead atoms. The number of benzene rings is 21. The molecule has 0 N–H and O–H groups in total. The molecule has 0 aliphatic carbocycles. The molecule has 0 saturated carbocycles. The Morgan fingerprint density at radius 3 is 0.866 bits per heavy atom. The summed E-state index contributed by atoms with van der Waals surface area (Å²) in [6, 6.07) is 162. The van der Waals surface area contributed by atoms with E-state index in [1.54, 1.807) is 0 Å². The molecule has 0 radical (unpaired) electrons. The monoisotopic (exact) mass is 1640 g/mol. The van der Waals surface area contributed by atoms with Gasteiger partial charge in [0.2, 0.25) is 5.89 Å². The van der Waals surface area contributed by atoms with E-state index in [9.17, 15) is 0 Å². The van der Waals surface area contributed by atoms with Crippen LogP contribution in [0, 0.1) is 0 Å². The Hall–Kier alpha value is -16.5. The third-order valence-corrected chi connectivity index (χ3v) is 27.2. The van der Waals surface area contributed by atoms with Crippen LogP contribution in [-0.4, -0.2) is 23.3 Å². The van der Waals surface area contributed by atoms with Crippen LogP contribution >= 0.6 is 11.3 Å². The van der Waals surface area contributed by atoms with Crippen molar-refractivity contribution in [1.29, 1.82) is 0 Å². The Morgan fingerprint density at radius 2 is 0.504 bits per heavy atom. The van der Waals surface area contributed by atoms with Crippen LogP contribution in [0.4, 0.5) is 0 Å². The minimum absolute atomic E-state index is 0.636. The van der Waals surface area contributed by atoms with Crippen LogP contribution < -0.4 is 0 Å². The highest BCUT2D eigenvalue weighted by molar-refractivity contribution is 7.22. The Kier molecular flexibility index (Phi) is 17.3. The minimum Gasteiger partial charge on any atom is -0.436 e. The normalized spacial score (nSPS) is 11.8. The van der Waals surface area contributed by atoms with Crippen LogP contribution in [0.25, 0.3) is 246 Å². The van der Waals surface area contributed by atoms with Crippen molar-refractivity contribution in [3.63, 3.8) is 0 Å². The van der Waals surface area contributed by atoms with Crippen molar-refractivity contribution in [3.8, 4) is 83.6 Å². The molecule has 7 heteroatoms. The molecule has 0 fully saturated rings. The van der Waals surface area contributed by atoms with Crippen molar-refractivity contribution in [1.82, 2.24) is 23.3 Å². The zero-order valence-electron chi connectivity index (χ0n) is 69.3. The standard InChI is InChI=1S/C41H28N2.C40H25NS.C39H24N2O/c1-42-36-24-23-29(43-37-21-11-9-15-30(37)31-16-10-12-22-38(31)43)25-28(36)26-39(42)41-34-19-7-5-17-32(34)40(27-13-3-2-4-14-27)33-18-6-8-20-35(33)41;1-2-12-26(13-3-1)39-31-16-4-6-18-33(31)40(34-19-7-5-17-32(34)39)38-25-27-24-28(22-23-37(27)42-38)41-35-20-10-8-14-29(35)30-15-9-11-21-36(30)41;1-2-12-25(13-3-1)37-29-16-4-6-18-31(29)38(32-19-7-5-17-30(32)37)39-40-33-24-26(22-23-36(33)42-39)41-34-20-10-8-14-27(34)28-15-9-11-21-35(28)41/h2-26H,1H3;1-25H;1-24H. The molecule has 0 amide bonds. The first kappa shape index (κ1) is 73.3. The number of oxazole rings is 1. The van der Waals surface area contributed by atoms with E-state index >= 15 is 0 Å². The summed E-state index contributed by atoms with van der Waals surface area (Å²) < 4.78 is 17.3. The van der Waals surface area contributed by atoms with Crippen LogP contribution in [0.15, 0.2) is 453 Å². The lowest BCUT2D eigenvalue weighted by atomic mass is 9.87. The Labute approximate surface area is 735 Å². The number of hydrogen-bond donors (Lipinski definition) is 0. The van der Waals surface area contributed by atoms with Crippen molar-refractivity contribution in [2.45, 2.75) is 0 Å². The molecule has 0 unspecified atom stereocenters. The summed E-state index contributed by atoms with van der Waals surface area (Å²) in [6.45, 7) is 0. The highest BCUT2D eigenvalue weighted by Crippen LogP contribution is 2.51. The van der Waals surface area contributed by atoms with Gasteiger partial charge in [0.25, 0.3) is 0 Å². The van der Waals surface area contributed by atoms with Crippen LogP contribution in [0.1, 0.15) is 0 Å². The van der Waals surface area contributed by atoms with E-state index in [1.165, 1.54) is 207 Å². The molecule has 0 aliphatic heterocycles. The van der Waals surface area contributed by atoms with Gasteiger partial charge in [0, 0.05) is 88.0 Å². The maximum atomic E-state index is 6.54. The van der Waals surface area contributed by atoms with E-state index in [0.29, 0.717) is 5.89 Å². The van der Waals surface area contributed by atoms with Crippen molar-refractivity contribution in [3.05, 3.63) is 449 Å². The Balaban J connectivity index is 0.000000104. The van der Waals surface area contributed by atoms with E-state index < -0.39 is 0 Å². The zero-order valence-corrected chi connectivity index (χ0v) is 70.1. The summed E-state index contributed by atoms with van der Waals surface area (Å²) in [5.74, 6) is 0.636. The number of aromatic nitrogens is 5. The third kappa shape index (κ3) is 11.9. The number of thiophene rings is 1. The molecule has 27 aromatic rings. The van der Waals surface area contributed by atoms with Crippen LogP contribution in [0.3, 0.4) is 0 Å². The third-order valence-electron chi connectivity index (χ3n) is 26.1. The summed E-state index contributed by atoms with van der Waals surface area (Å²) in [5.41, 5.74) is 25.9. The SMILES string of the molecule is Cn1c(-c2c3ccccc3c(-c3ccccc3)c3ccccc23)cc2cc(-n3c4ccccc4c4ccccc43)ccc21.c1ccc(-c2c3ccccc3c(-c3cc4cc(-n5c6ccccc6c6ccccc65)ccc4s3)c3ccccc23)cc1.c1ccc(-c2c3ccccc3c(-c3nc4cc(-n5c6ccccc6c6ccccc65)ccc4o3)c3ccccc23)cc1. The Morgan fingerprint density at radius 1 is 0.220 bits per heavy atom. The van der Waals surface area contributed by atoms with Gasteiger partial charge in [-0.05, 0) is 207 Å². The molecule has 0 aliphatic rings. The minimum atomic E-state index is 0.636. The molecule has 127 heavy (non-hydrogen) atoms. The van der Waals surface area contributed by atoms with Gasteiger partial charge >= 0.3 is 0 Å². The van der Waals surface area contributed by atoms with Gasteiger partial charge in [-0.25, -0.2) is 4.98 Å².